The molecule has 0 aromatic rings. The van der Waals surface area contributed by atoms with Crippen molar-refractivity contribution < 1.29 is 0 Å². The smallest absolute Gasteiger partial charge is 0.00702 e. The fourth-order valence-corrected chi connectivity index (χ4v) is 5.15. The molecule has 0 heteroatoms. The van der Waals surface area contributed by atoms with Crippen molar-refractivity contribution in [2.75, 3.05) is 0 Å². The Hall–Kier alpha value is -0.520. The van der Waals surface area contributed by atoms with E-state index in [0.29, 0.717) is 5.41 Å². The lowest BCUT2D eigenvalue weighted by Crippen LogP contribution is -2.27. The van der Waals surface area contributed by atoms with Crippen LogP contribution in [0, 0.1) is 23.2 Å². The van der Waals surface area contributed by atoms with Crippen LogP contribution in [-0.2, 0) is 0 Å². The molecule has 0 aromatic carbocycles. The van der Waals surface area contributed by atoms with Gasteiger partial charge in [0.05, 0.1) is 0 Å². The highest BCUT2D eigenvalue weighted by molar-refractivity contribution is 5.39. The van der Waals surface area contributed by atoms with E-state index in [9.17, 15) is 0 Å². The van der Waals surface area contributed by atoms with E-state index in [2.05, 4.69) is 32.9 Å². The molecule has 0 bridgehead atoms. The summed E-state index contributed by atoms with van der Waals surface area (Å²) >= 11 is 0. The Labute approximate surface area is 119 Å². The molecule has 0 aromatic heterocycles. The van der Waals surface area contributed by atoms with Gasteiger partial charge in [0.2, 0.25) is 0 Å². The quantitative estimate of drug-likeness (QED) is 0.579. The predicted molar refractivity (Wildman–Crippen MR) is 83.0 cm³/mol. The van der Waals surface area contributed by atoms with Gasteiger partial charge in [0.1, 0.15) is 0 Å². The van der Waals surface area contributed by atoms with Crippen LogP contribution in [0.3, 0.4) is 0 Å². The maximum Gasteiger partial charge on any atom is -0.00702 e. The monoisotopic (exact) mass is 258 g/mol. The summed E-state index contributed by atoms with van der Waals surface area (Å²) in [6.45, 7) is 7.42. The third kappa shape index (κ3) is 2.32. The number of fused-ring (bicyclic) bond motifs is 1. The summed E-state index contributed by atoms with van der Waals surface area (Å²) in [5, 5.41) is 0. The second kappa shape index (κ2) is 5.11. The highest BCUT2D eigenvalue weighted by Crippen LogP contribution is 2.56. The summed E-state index contributed by atoms with van der Waals surface area (Å²) in [6.07, 6.45) is 16.6. The van der Waals surface area contributed by atoms with E-state index in [1.165, 1.54) is 51.4 Å². The van der Waals surface area contributed by atoms with E-state index in [4.69, 9.17) is 0 Å². The molecule has 3 aliphatic carbocycles. The van der Waals surface area contributed by atoms with Crippen molar-refractivity contribution in [2.24, 2.45) is 23.2 Å². The highest BCUT2D eigenvalue weighted by Gasteiger charge is 2.45. The molecule has 106 valence electrons. The molecule has 0 nitrogen and oxygen atoms in total. The Morgan fingerprint density at radius 1 is 0.947 bits per heavy atom. The molecule has 3 rings (SSSR count). The van der Waals surface area contributed by atoms with E-state index in [1.807, 2.05) is 0 Å². The zero-order valence-electron chi connectivity index (χ0n) is 13.0. The minimum Gasteiger partial charge on any atom is -0.0811 e. The maximum absolute atomic E-state index is 2.55. The van der Waals surface area contributed by atoms with Gasteiger partial charge in [-0.3, -0.25) is 0 Å². The van der Waals surface area contributed by atoms with Gasteiger partial charge in [0.15, 0.2) is 0 Å². The molecule has 0 heterocycles. The lowest BCUT2D eigenvalue weighted by Gasteiger charge is -2.36. The van der Waals surface area contributed by atoms with Crippen LogP contribution in [0.15, 0.2) is 23.3 Å². The predicted octanol–water partition coefficient (Wildman–Crippen LogP) is 5.90. The maximum atomic E-state index is 2.55. The van der Waals surface area contributed by atoms with Crippen LogP contribution in [0.5, 0.6) is 0 Å². The van der Waals surface area contributed by atoms with Gasteiger partial charge in [-0.15, -0.1) is 0 Å². The largest absolute Gasteiger partial charge is 0.0811 e. The Kier molecular flexibility index (Phi) is 3.62. The van der Waals surface area contributed by atoms with Crippen molar-refractivity contribution in [1.82, 2.24) is 0 Å². The van der Waals surface area contributed by atoms with Gasteiger partial charge in [-0.1, -0.05) is 57.3 Å². The molecular formula is C19H30. The molecule has 0 aliphatic heterocycles. The van der Waals surface area contributed by atoms with Gasteiger partial charge < -0.3 is 0 Å². The molecule has 0 radical (unpaired) electrons. The van der Waals surface area contributed by atoms with Crippen LogP contribution >= 0.6 is 0 Å². The zero-order valence-corrected chi connectivity index (χ0v) is 13.0. The second-order valence-corrected chi connectivity index (χ2v) is 7.72. The molecule has 2 atom stereocenters. The van der Waals surface area contributed by atoms with Crippen molar-refractivity contribution in [3.05, 3.63) is 23.3 Å². The van der Waals surface area contributed by atoms with Crippen molar-refractivity contribution in [2.45, 2.75) is 72.1 Å². The van der Waals surface area contributed by atoms with Crippen LogP contribution < -0.4 is 0 Å². The van der Waals surface area contributed by atoms with E-state index < -0.39 is 0 Å². The molecule has 0 spiro atoms. The van der Waals surface area contributed by atoms with Crippen LogP contribution in [0.25, 0.3) is 0 Å². The third-order valence-electron chi connectivity index (χ3n) is 6.30. The van der Waals surface area contributed by atoms with Crippen LogP contribution in [0.4, 0.5) is 0 Å². The second-order valence-electron chi connectivity index (χ2n) is 7.72. The van der Waals surface area contributed by atoms with Crippen molar-refractivity contribution >= 4 is 0 Å². The standard InChI is InChI=1S/C19H30/c1-14-16-10-6-7-11-18(16)19(2,3)17(14)13-12-15-8-4-5-9-15/h12-13,15-16,18H,4-11H2,1-3H3/b13-12+. The molecule has 2 saturated carbocycles. The number of allylic oxidation sites excluding steroid dienone is 4. The minimum absolute atomic E-state index is 0.421. The summed E-state index contributed by atoms with van der Waals surface area (Å²) < 4.78 is 0. The van der Waals surface area contributed by atoms with Gasteiger partial charge >= 0.3 is 0 Å². The summed E-state index contributed by atoms with van der Waals surface area (Å²) in [5.41, 5.74) is 3.84. The van der Waals surface area contributed by atoms with E-state index in [0.717, 1.165) is 17.8 Å². The Balaban J connectivity index is 1.83. The Morgan fingerprint density at radius 3 is 2.26 bits per heavy atom. The first-order chi connectivity index (χ1) is 9.10. The molecular weight excluding hydrogens is 228 g/mol. The van der Waals surface area contributed by atoms with Crippen LogP contribution in [0.2, 0.25) is 0 Å². The van der Waals surface area contributed by atoms with Gasteiger partial charge in [0, 0.05) is 0 Å². The molecule has 0 N–H and O–H groups in total. The molecule has 0 saturated heterocycles. The lowest BCUT2D eigenvalue weighted by molar-refractivity contribution is 0.176. The first kappa shape index (κ1) is 13.5. The SMILES string of the molecule is CC1=C(/C=C/C2CCCC2)C(C)(C)C2CCCCC12. The van der Waals surface area contributed by atoms with Gasteiger partial charge in [-0.25, -0.2) is 0 Å². The van der Waals surface area contributed by atoms with E-state index >= 15 is 0 Å². The molecule has 19 heavy (non-hydrogen) atoms. The van der Waals surface area contributed by atoms with E-state index in [1.54, 1.807) is 11.1 Å². The summed E-state index contributed by atoms with van der Waals surface area (Å²) in [4.78, 5) is 0. The highest BCUT2D eigenvalue weighted by atomic mass is 14.5. The van der Waals surface area contributed by atoms with E-state index in [-0.39, 0.29) is 0 Å². The fraction of sp³-hybridized carbons (Fsp3) is 0.789. The minimum atomic E-state index is 0.421. The summed E-state index contributed by atoms with van der Waals surface area (Å²) in [7, 11) is 0. The first-order valence-corrected chi connectivity index (χ1v) is 8.50. The summed E-state index contributed by atoms with van der Waals surface area (Å²) in [5.74, 6) is 2.69. The third-order valence-corrected chi connectivity index (χ3v) is 6.30. The summed E-state index contributed by atoms with van der Waals surface area (Å²) in [6, 6.07) is 0. The van der Waals surface area contributed by atoms with Gasteiger partial charge in [-0.05, 0) is 61.3 Å². The number of hydrogen-bond acceptors (Lipinski definition) is 0. The first-order valence-electron chi connectivity index (χ1n) is 8.50. The molecule has 2 unspecified atom stereocenters. The molecule has 3 aliphatic rings. The molecule has 2 fully saturated rings. The van der Waals surface area contributed by atoms with Crippen LogP contribution in [-0.4, -0.2) is 0 Å². The van der Waals surface area contributed by atoms with Crippen molar-refractivity contribution in [3.8, 4) is 0 Å². The van der Waals surface area contributed by atoms with Crippen LogP contribution in [0.1, 0.15) is 72.1 Å². The van der Waals surface area contributed by atoms with Gasteiger partial charge in [0.25, 0.3) is 0 Å². The zero-order chi connectivity index (χ0) is 13.5. The fourth-order valence-electron chi connectivity index (χ4n) is 5.15. The number of hydrogen-bond donors (Lipinski definition) is 0. The average Bonchev–Trinajstić information content (AvgIpc) is 2.97. The Morgan fingerprint density at radius 2 is 1.58 bits per heavy atom. The normalized spacial score (nSPS) is 35.3. The van der Waals surface area contributed by atoms with Crippen molar-refractivity contribution in [3.63, 3.8) is 0 Å². The average molecular weight is 258 g/mol. The van der Waals surface area contributed by atoms with Gasteiger partial charge in [-0.2, -0.15) is 0 Å². The molecule has 0 amide bonds. The number of rotatable bonds is 2. The Bertz CT molecular complexity index is 390. The lowest BCUT2D eigenvalue weighted by atomic mass is 9.68. The topological polar surface area (TPSA) is 0 Å². The van der Waals surface area contributed by atoms with Crippen molar-refractivity contribution in [1.29, 1.82) is 0 Å².